The maximum absolute atomic E-state index is 11.9. The van der Waals surface area contributed by atoms with Gasteiger partial charge in [0.1, 0.15) is 0 Å². The van der Waals surface area contributed by atoms with E-state index < -0.39 is 18.0 Å². The Bertz CT molecular complexity index is 867. The minimum atomic E-state index is -1.06. The van der Waals surface area contributed by atoms with Gasteiger partial charge in [-0.1, -0.05) is 12.1 Å². The number of nitriles is 1. The lowest BCUT2D eigenvalue weighted by Crippen LogP contribution is -2.22. The highest BCUT2D eigenvalue weighted by molar-refractivity contribution is 5.80. The van der Waals surface area contributed by atoms with Crippen molar-refractivity contribution in [1.82, 2.24) is 0 Å². The van der Waals surface area contributed by atoms with Gasteiger partial charge in [0.25, 0.3) is 0 Å². The second-order valence-electron chi connectivity index (χ2n) is 6.13. The molecule has 0 aliphatic carbocycles. The number of hydrogen-bond acceptors (Lipinski definition) is 4. The fourth-order valence-electron chi connectivity index (χ4n) is 2.71. The summed E-state index contributed by atoms with van der Waals surface area (Å²) in [6.07, 6.45) is 0.184. The van der Waals surface area contributed by atoms with Gasteiger partial charge in [-0.3, -0.25) is 4.79 Å². The van der Waals surface area contributed by atoms with E-state index in [0.29, 0.717) is 22.4 Å². The molecule has 6 nitrogen and oxygen atoms in total. The smallest absolute Gasteiger partial charge is 0.330 e. The highest BCUT2D eigenvalue weighted by Crippen LogP contribution is 2.27. The molecule has 1 atom stereocenters. The van der Waals surface area contributed by atoms with Crippen molar-refractivity contribution in [2.45, 2.75) is 32.7 Å². The largest absolute Gasteiger partial charge is 0.481 e. The van der Waals surface area contributed by atoms with E-state index in [1.54, 1.807) is 30.3 Å². The van der Waals surface area contributed by atoms with E-state index in [4.69, 9.17) is 10.4 Å². The Morgan fingerprint density at radius 1 is 1.12 bits per heavy atom. The number of nitrogens with one attached hydrogen (secondary N) is 1. The normalized spacial score (nSPS) is 11.4. The second kappa shape index (κ2) is 8.17. The number of carboxylic acid groups (broad SMARTS) is 2. The molecule has 134 valence electrons. The van der Waals surface area contributed by atoms with Crippen LogP contribution in [0.1, 0.15) is 40.3 Å². The third-order valence-corrected chi connectivity index (χ3v) is 4.25. The predicted octanol–water partition coefficient (Wildman–Crippen LogP) is 3.43. The topological polar surface area (TPSA) is 110 Å². The van der Waals surface area contributed by atoms with Gasteiger partial charge in [0, 0.05) is 12.1 Å². The molecule has 0 heterocycles. The van der Waals surface area contributed by atoms with Gasteiger partial charge in [0.05, 0.1) is 11.6 Å². The quantitative estimate of drug-likeness (QED) is 0.704. The standard InChI is InChI=1S/C20H20N2O4/c1-12-9-15(5-8-18(23)24)17(10-13(12)2)19(20(25)26)22-16-6-3-14(11-21)4-7-16/h3-4,6-7,9-10,19,22H,5,8H2,1-2H3,(H,23,24)(H,25,26). The molecule has 0 bridgehead atoms. The van der Waals surface area contributed by atoms with Crippen molar-refractivity contribution < 1.29 is 19.8 Å². The van der Waals surface area contributed by atoms with E-state index in [1.807, 2.05) is 26.0 Å². The first-order chi connectivity index (χ1) is 12.3. The van der Waals surface area contributed by atoms with Crippen LogP contribution in [0.25, 0.3) is 0 Å². The van der Waals surface area contributed by atoms with Crippen LogP contribution >= 0.6 is 0 Å². The Morgan fingerprint density at radius 2 is 1.73 bits per heavy atom. The van der Waals surface area contributed by atoms with E-state index in [0.717, 1.165) is 11.1 Å². The Hall–Kier alpha value is -3.33. The molecule has 0 aromatic heterocycles. The molecular weight excluding hydrogens is 332 g/mol. The lowest BCUT2D eigenvalue weighted by atomic mass is 9.92. The number of benzene rings is 2. The van der Waals surface area contributed by atoms with E-state index in [-0.39, 0.29) is 12.8 Å². The zero-order valence-corrected chi connectivity index (χ0v) is 14.6. The van der Waals surface area contributed by atoms with Crippen molar-refractivity contribution in [3.05, 3.63) is 64.2 Å². The third kappa shape index (κ3) is 4.61. The van der Waals surface area contributed by atoms with Crippen molar-refractivity contribution >= 4 is 17.6 Å². The Labute approximate surface area is 151 Å². The highest BCUT2D eigenvalue weighted by Gasteiger charge is 2.23. The summed E-state index contributed by atoms with van der Waals surface area (Å²) in [6, 6.07) is 11.1. The predicted molar refractivity (Wildman–Crippen MR) is 97.0 cm³/mol. The summed E-state index contributed by atoms with van der Waals surface area (Å²) in [7, 11) is 0. The summed E-state index contributed by atoms with van der Waals surface area (Å²) in [5.74, 6) is -1.99. The molecule has 0 saturated carbocycles. The summed E-state index contributed by atoms with van der Waals surface area (Å²) in [4.78, 5) is 22.8. The van der Waals surface area contributed by atoms with E-state index in [1.165, 1.54) is 0 Å². The highest BCUT2D eigenvalue weighted by atomic mass is 16.4. The number of carboxylic acids is 2. The third-order valence-electron chi connectivity index (χ3n) is 4.25. The monoisotopic (exact) mass is 352 g/mol. The maximum atomic E-state index is 11.9. The maximum Gasteiger partial charge on any atom is 0.330 e. The summed E-state index contributed by atoms with van der Waals surface area (Å²) in [5, 5.41) is 30.5. The zero-order chi connectivity index (χ0) is 19.3. The molecule has 0 spiro atoms. The molecule has 2 rings (SSSR count). The second-order valence-corrected chi connectivity index (χ2v) is 6.13. The molecule has 0 radical (unpaired) electrons. The van der Waals surface area contributed by atoms with Gasteiger partial charge in [-0.2, -0.15) is 5.26 Å². The van der Waals surface area contributed by atoms with Gasteiger partial charge in [-0.05, 0) is 66.8 Å². The molecule has 0 amide bonds. The number of aliphatic carboxylic acids is 2. The Morgan fingerprint density at radius 3 is 2.27 bits per heavy atom. The van der Waals surface area contributed by atoms with Gasteiger partial charge in [-0.25, -0.2) is 4.79 Å². The average Bonchev–Trinajstić information content (AvgIpc) is 2.60. The lowest BCUT2D eigenvalue weighted by molar-refractivity contribution is -0.138. The van der Waals surface area contributed by atoms with Gasteiger partial charge in [0.2, 0.25) is 0 Å². The molecule has 26 heavy (non-hydrogen) atoms. The van der Waals surface area contributed by atoms with Crippen LogP contribution in [0.15, 0.2) is 36.4 Å². The minimum Gasteiger partial charge on any atom is -0.481 e. The molecule has 2 aromatic rings. The van der Waals surface area contributed by atoms with Crippen LogP contribution in [0.5, 0.6) is 0 Å². The fraction of sp³-hybridized carbons (Fsp3) is 0.250. The van der Waals surface area contributed by atoms with Crippen molar-refractivity contribution in [3.63, 3.8) is 0 Å². The Balaban J connectivity index is 2.41. The molecule has 3 N–H and O–H groups in total. The van der Waals surface area contributed by atoms with Crippen molar-refractivity contribution in [3.8, 4) is 6.07 Å². The average molecular weight is 352 g/mol. The molecule has 1 unspecified atom stereocenters. The fourth-order valence-corrected chi connectivity index (χ4v) is 2.71. The number of carbonyl (C=O) groups is 2. The summed E-state index contributed by atoms with van der Waals surface area (Å²) >= 11 is 0. The summed E-state index contributed by atoms with van der Waals surface area (Å²) < 4.78 is 0. The van der Waals surface area contributed by atoms with E-state index >= 15 is 0 Å². The Kier molecular flexibility index (Phi) is 5.97. The number of anilines is 1. The number of aryl methyl sites for hydroxylation is 3. The first-order valence-electron chi connectivity index (χ1n) is 8.13. The van der Waals surface area contributed by atoms with Crippen LogP contribution in [0, 0.1) is 25.2 Å². The van der Waals surface area contributed by atoms with Crippen LogP contribution in [0.3, 0.4) is 0 Å². The number of nitrogens with zero attached hydrogens (tertiary/aromatic N) is 1. The molecule has 2 aromatic carbocycles. The molecule has 6 heteroatoms. The van der Waals surface area contributed by atoms with Gasteiger partial charge >= 0.3 is 11.9 Å². The lowest BCUT2D eigenvalue weighted by Gasteiger charge is -2.21. The van der Waals surface area contributed by atoms with Crippen molar-refractivity contribution in [2.24, 2.45) is 0 Å². The molecule has 0 aliphatic heterocycles. The van der Waals surface area contributed by atoms with Crippen LogP contribution in [0.4, 0.5) is 5.69 Å². The number of rotatable bonds is 7. The van der Waals surface area contributed by atoms with Gasteiger partial charge in [0.15, 0.2) is 6.04 Å². The molecular formula is C20H20N2O4. The van der Waals surface area contributed by atoms with E-state index in [9.17, 15) is 14.7 Å². The van der Waals surface area contributed by atoms with E-state index in [2.05, 4.69) is 5.32 Å². The van der Waals surface area contributed by atoms with Crippen LogP contribution in [-0.2, 0) is 16.0 Å². The van der Waals surface area contributed by atoms with Crippen LogP contribution in [-0.4, -0.2) is 22.2 Å². The SMILES string of the molecule is Cc1cc(CCC(=O)O)c(C(Nc2ccc(C#N)cc2)C(=O)O)cc1C. The summed E-state index contributed by atoms with van der Waals surface area (Å²) in [5.41, 5.74) is 4.22. The van der Waals surface area contributed by atoms with Gasteiger partial charge < -0.3 is 15.5 Å². The summed E-state index contributed by atoms with van der Waals surface area (Å²) in [6.45, 7) is 3.80. The molecule has 0 saturated heterocycles. The van der Waals surface area contributed by atoms with Crippen LogP contribution < -0.4 is 5.32 Å². The molecule has 0 fully saturated rings. The first-order valence-corrected chi connectivity index (χ1v) is 8.13. The zero-order valence-electron chi connectivity index (χ0n) is 14.6. The number of hydrogen-bond donors (Lipinski definition) is 3. The van der Waals surface area contributed by atoms with Crippen molar-refractivity contribution in [1.29, 1.82) is 5.26 Å². The minimum absolute atomic E-state index is 0.0707. The van der Waals surface area contributed by atoms with Gasteiger partial charge in [-0.15, -0.1) is 0 Å². The van der Waals surface area contributed by atoms with Crippen molar-refractivity contribution in [2.75, 3.05) is 5.32 Å². The van der Waals surface area contributed by atoms with Crippen LogP contribution in [0.2, 0.25) is 0 Å². The molecule has 0 aliphatic rings. The first kappa shape index (κ1) is 19.0.